The monoisotopic (exact) mass is 552 g/mol. The first-order valence-electron chi connectivity index (χ1n) is 13.6. The van der Waals surface area contributed by atoms with E-state index in [2.05, 4.69) is 58.9 Å². The molecule has 202 valence electrons. The van der Waals surface area contributed by atoms with Crippen LogP contribution >= 0.6 is 11.6 Å². The summed E-state index contributed by atoms with van der Waals surface area (Å²) in [6.07, 6.45) is 7.51. The summed E-state index contributed by atoms with van der Waals surface area (Å²) in [4.78, 5) is 4.69. The van der Waals surface area contributed by atoms with Gasteiger partial charge in [-0.3, -0.25) is 4.99 Å². The Morgan fingerprint density at radius 2 is 1.85 bits per heavy atom. The van der Waals surface area contributed by atoms with Gasteiger partial charge in [0.15, 0.2) is 11.5 Å². The third-order valence-electron chi connectivity index (χ3n) is 7.49. The fraction of sp³-hybridized carbons (Fsp3) is 0.206. The lowest BCUT2D eigenvalue weighted by Crippen LogP contribution is -2.28. The maximum absolute atomic E-state index is 13.5. The second-order valence-electron chi connectivity index (χ2n) is 10.1. The zero-order valence-electron chi connectivity index (χ0n) is 22.2. The molecule has 1 aliphatic carbocycles. The van der Waals surface area contributed by atoms with Crippen molar-refractivity contribution in [2.45, 2.75) is 31.9 Å². The number of nitrogens with zero attached hydrogens (tertiary/aromatic N) is 1. The number of allylic oxidation sites excluding steroid dienone is 2. The number of hydrogen-bond acceptors (Lipinski definition) is 4. The lowest BCUT2D eigenvalue weighted by Gasteiger charge is -2.37. The number of anilines is 1. The molecule has 4 aromatic rings. The van der Waals surface area contributed by atoms with Crippen LogP contribution in [0.1, 0.15) is 47.6 Å². The van der Waals surface area contributed by atoms with Crippen LogP contribution < -0.4 is 14.8 Å². The summed E-state index contributed by atoms with van der Waals surface area (Å²) in [6, 6.07) is 27.2. The van der Waals surface area contributed by atoms with Gasteiger partial charge in [0.05, 0.1) is 23.4 Å². The first-order chi connectivity index (χ1) is 19.6. The van der Waals surface area contributed by atoms with Crippen LogP contribution in [0.3, 0.4) is 0 Å². The molecule has 0 amide bonds. The number of para-hydroxylation sites is 1. The van der Waals surface area contributed by atoms with Crippen molar-refractivity contribution < 1.29 is 13.9 Å². The Labute approximate surface area is 239 Å². The van der Waals surface area contributed by atoms with Gasteiger partial charge in [-0.05, 0) is 84.0 Å². The van der Waals surface area contributed by atoms with Crippen molar-refractivity contribution in [3.8, 4) is 11.5 Å². The molecule has 0 saturated heterocycles. The molecular weight excluding hydrogens is 523 g/mol. The van der Waals surface area contributed by atoms with Crippen LogP contribution in [0.5, 0.6) is 11.5 Å². The molecule has 1 aliphatic heterocycles. The minimum absolute atomic E-state index is 0.177. The first-order valence-corrected chi connectivity index (χ1v) is 14.0. The van der Waals surface area contributed by atoms with Gasteiger partial charge < -0.3 is 14.8 Å². The van der Waals surface area contributed by atoms with Crippen LogP contribution in [0.4, 0.5) is 15.8 Å². The van der Waals surface area contributed by atoms with Crippen LogP contribution in [0.25, 0.3) is 0 Å². The van der Waals surface area contributed by atoms with Gasteiger partial charge in [0.25, 0.3) is 0 Å². The molecule has 2 aliphatic rings. The lowest BCUT2D eigenvalue weighted by molar-refractivity contribution is 0.269. The van der Waals surface area contributed by atoms with E-state index in [1.807, 2.05) is 25.1 Å². The number of fused-ring (bicyclic) bond motifs is 3. The standard InChI is InChI=1S/C34H30ClFN2O2/c1-2-39-32-19-23(18-30(35)34(32)40-21-22-7-5-8-25(36)17-22)20-37-26-15-13-24(14-16-26)33-29-11-6-10-27(29)28-9-3-4-12-31(28)38-33/h3-10,12-20,27,29,33,38H,2,11,21H2,1H3/t27-,29-,33-/m0/s1. The fourth-order valence-electron chi connectivity index (χ4n) is 5.64. The molecule has 0 aromatic heterocycles. The summed E-state index contributed by atoms with van der Waals surface area (Å²) in [5.74, 6) is 1.59. The smallest absolute Gasteiger partial charge is 0.180 e. The molecule has 1 N–H and O–H groups in total. The Bertz CT molecular complexity index is 1570. The molecule has 3 atom stereocenters. The van der Waals surface area contributed by atoms with E-state index in [1.165, 1.54) is 28.9 Å². The van der Waals surface area contributed by atoms with Crippen LogP contribution in [0.15, 0.2) is 102 Å². The maximum atomic E-state index is 13.5. The topological polar surface area (TPSA) is 42.8 Å². The normalized spacial score (nSPS) is 19.2. The van der Waals surface area contributed by atoms with Crippen LogP contribution in [-0.2, 0) is 6.61 Å². The quantitative estimate of drug-likeness (QED) is 0.175. The molecule has 6 rings (SSSR count). The molecule has 0 saturated carbocycles. The highest BCUT2D eigenvalue weighted by Gasteiger charge is 2.37. The second kappa shape index (κ2) is 11.6. The third-order valence-corrected chi connectivity index (χ3v) is 7.77. The Morgan fingerprint density at radius 3 is 2.67 bits per heavy atom. The van der Waals surface area contributed by atoms with E-state index in [4.69, 9.17) is 21.1 Å². The summed E-state index contributed by atoms with van der Waals surface area (Å²) in [7, 11) is 0. The maximum Gasteiger partial charge on any atom is 0.180 e. The van der Waals surface area contributed by atoms with Crippen LogP contribution in [-0.4, -0.2) is 12.8 Å². The highest BCUT2D eigenvalue weighted by atomic mass is 35.5. The molecule has 40 heavy (non-hydrogen) atoms. The summed E-state index contributed by atoms with van der Waals surface area (Å²) in [5, 5.41) is 4.18. The Balaban J connectivity index is 1.18. The molecule has 0 bridgehead atoms. The number of benzene rings is 4. The van der Waals surface area contributed by atoms with Gasteiger partial charge in [0.2, 0.25) is 0 Å². The highest BCUT2D eigenvalue weighted by molar-refractivity contribution is 6.32. The lowest BCUT2D eigenvalue weighted by atomic mass is 9.77. The highest BCUT2D eigenvalue weighted by Crippen LogP contribution is 2.49. The van der Waals surface area contributed by atoms with Gasteiger partial charge in [-0.15, -0.1) is 0 Å². The second-order valence-corrected chi connectivity index (χ2v) is 10.5. The molecule has 0 radical (unpaired) electrons. The minimum atomic E-state index is -0.308. The largest absolute Gasteiger partial charge is 0.490 e. The minimum Gasteiger partial charge on any atom is -0.490 e. The Kier molecular flexibility index (Phi) is 7.56. The van der Waals surface area contributed by atoms with E-state index in [0.29, 0.717) is 40.5 Å². The molecule has 1 heterocycles. The fourth-order valence-corrected chi connectivity index (χ4v) is 5.91. The summed E-state index contributed by atoms with van der Waals surface area (Å²) in [6.45, 7) is 2.53. The van der Waals surface area contributed by atoms with Gasteiger partial charge in [0, 0.05) is 17.8 Å². The van der Waals surface area contributed by atoms with Crippen molar-refractivity contribution in [3.63, 3.8) is 0 Å². The van der Waals surface area contributed by atoms with Crippen molar-refractivity contribution in [1.82, 2.24) is 0 Å². The number of aliphatic imine (C=N–C) groups is 1. The number of halogens is 2. The summed E-state index contributed by atoms with van der Waals surface area (Å²) < 4.78 is 25.3. The molecule has 4 aromatic carbocycles. The van der Waals surface area contributed by atoms with E-state index in [0.717, 1.165) is 17.7 Å². The molecule has 0 spiro atoms. The number of hydrogen-bond donors (Lipinski definition) is 1. The van der Waals surface area contributed by atoms with E-state index >= 15 is 0 Å². The van der Waals surface area contributed by atoms with Gasteiger partial charge >= 0.3 is 0 Å². The Morgan fingerprint density at radius 1 is 1.00 bits per heavy atom. The van der Waals surface area contributed by atoms with E-state index in [9.17, 15) is 4.39 Å². The third kappa shape index (κ3) is 5.47. The van der Waals surface area contributed by atoms with Crippen LogP contribution in [0.2, 0.25) is 5.02 Å². The van der Waals surface area contributed by atoms with Gasteiger partial charge in [-0.25, -0.2) is 4.39 Å². The summed E-state index contributed by atoms with van der Waals surface area (Å²) in [5.41, 5.74) is 6.21. The molecule has 0 unspecified atom stereocenters. The number of rotatable bonds is 8. The molecular formula is C34H30ClFN2O2. The van der Waals surface area contributed by atoms with Gasteiger partial charge in [-0.1, -0.05) is 66.2 Å². The van der Waals surface area contributed by atoms with E-state index in [-0.39, 0.29) is 18.5 Å². The molecule has 6 heteroatoms. The van der Waals surface area contributed by atoms with Crippen molar-refractivity contribution >= 4 is 29.2 Å². The summed E-state index contributed by atoms with van der Waals surface area (Å²) >= 11 is 6.58. The van der Waals surface area contributed by atoms with Crippen molar-refractivity contribution in [3.05, 3.63) is 130 Å². The average molecular weight is 553 g/mol. The average Bonchev–Trinajstić information content (AvgIpc) is 3.46. The predicted molar refractivity (Wildman–Crippen MR) is 160 cm³/mol. The van der Waals surface area contributed by atoms with Crippen LogP contribution in [0, 0.1) is 11.7 Å². The first kappa shape index (κ1) is 26.1. The van der Waals surface area contributed by atoms with E-state index in [1.54, 1.807) is 24.4 Å². The van der Waals surface area contributed by atoms with E-state index < -0.39 is 0 Å². The van der Waals surface area contributed by atoms with Crippen molar-refractivity contribution in [1.29, 1.82) is 0 Å². The molecule has 0 fully saturated rings. The molecule has 4 nitrogen and oxygen atoms in total. The van der Waals surface area contributed by atoms with Crippen molar-refractivity contribution in [2.24, 2.45) is 10.9 Å². The zero-order chi connectivity index (χ0) is 27.5. The SMILES string of the molecule is CCOc1cc(C=Nc2ccc([C@@H]3Nc4ccccc4[C@@H]4C=CC[C@@H]43)cc2)cc(Cl)c1OCc1cccc(F)c1. The van der Waals surface area contributed by atoms with Gasteiger partial charge in [-0.2, -0.15) is 0 Å². The number of nitrogens with one attached hydrogen (secondary N) is 1. The predicted octanol–water partition coefficient (Wildman–Crippen LogP) is 9.03. The van der Waals surface area contributed by atoms with Gasteiger partial charge in [0.1, 0.15) is 12.4 Å². The van der Waals surface area contributed by atoms with Crippen molar-refractivity contribution in [2.75, 3.05) is 11.9 Å². The zero-order valence-corrected chi connectivity index (χ0v) is 22.9. The number of ether oxygens (including phenoxy) is 2. The Hall–Kier alpha value is -4.09.